The van der Waals surface area contributed by atoms with E-state index in [0.717, 1.165) is 42.5 Å². The molecule has 3 nitrogen and oxygen atoms in total. The van der Waals surface area contributed by atoms with E-state index in [9.17, 15) is 9.90 Å². The lowest BCUT2D eigenvalue weighted by Gasteiger charge is -2.28. The van der Waals surface area contributed by atoms with Gasteiger partial charge in [-0.15, -0.1) is 0 Å². The number of aromatic nitrogens is 1. The first-order valence-corrected chi connectivity index (χ1v) is 6.75. The molecule has 0 aromatic carbocycles. The van der Waals surface area contributed by atoms with E-state index in [2.05, 4.69) is 4.98 Å². The molecule has 1 aliphatic rings. The summed E-state index contributed by atoms with van der Waals surface area (Å²) in [6, 6.07) is 1.95. The summed E-state index contributed by atoms with van der Waals surface area (Å²) in [5, 5.41) is 9.57. The number of aryl methyl sites for hydroxylation is 2. The molecule has 1 fully saturated rings. The van der Waals surface area contributed by atoms with Gasteiger partial charge in [-0.05, 0) is 49.8 Å². The number of aliphatic carboxylic acids is 1. The Morgan fingerprint density at radius 1 is 1.33 bits per heavy atom. The van der Waals surface area contributed by atoms with Crippen molar-refractivity contribution in [3.8, 4) is 0 Å². The second kappa shape index (κ2) is 5.51. The van der Waals surface area contributed by atoms with E-state index in [-0.39, 0.29) is 11.8 Å². The van der Waals surface area contributed by atoms with Crippen molar-refractivity contribution in [2.45, 2.75) is 51.9 Å². The number of carboxylic acids is 1. The van der Waals surface area contributed by atoms with Crippen molar-refractivity contribution in [2.75, 3.05) is 0 Å². The fourth-order valence-electron chi connectivity index (χ4n) is 3.04. The third-order valence-corrected chi connectivity index (χ3v) is 4.00. The third kappa shape index (κ3) is 2.71. The molecular formula is C15H21NO2. The van der Waals surface area contributed by atoms with Crippen molar-refractivity contribution in [3.63, 3.8) is 0 Å². The summed E-state index contributed by atoms with van der Waals surface area (Å²) in [4.78, 5) is 15.9. The zero-order valence-electron chi connectivity index (χ0n) is 11.1. The summed E-state index contributed by atoms with van der Waals surface area (Å²) in [7, 11) is 0. The van der Waals surface area contributed by atoms with Crippen molar-refractivity contribution < 1.29 is 9.90 Å². The summed E-state index contributed by atoms with van der Waals surface area (Å²) < 4.78 is 0. The first kappa shape index (κ1) is 13.1. The Morgan fingerprint density at radius 2 is 2.00 bits per heavy atom. The second-order valence-electron chi connectivity index (χ2n) is 5.40. The first-order chi connectivity index (χ1) is 8.59. The molecule has 0 bridgehead atoms. The van der Waals surface area contributed by atoms with Crippen LogP contribution in [-0.4, -0.2) is 16.1 Å². The van der Waals surface area contributed by atoms with Crippen LogP contribution in [0.1, 0.15) is 54.8 Å². The van der Waals surface area contributed by atoms with Crippen molar-refractivity contribution >= 4 is 5.97 Å². The molecule has 1 heterocycles. The standard InChI is InChI=1S/C15H21NO2/c1-10-9-16-11(2)8-13(10)14(15(17)18)12-6-4-3-5-7-12/h8-9,12,14H,3-7H2,1-2H3,(H,17,18). The smallest absolute Gasteiger partial charge is 0.311 e. The average molecular weight is 247 g/mol. The molecule has 18 heavy (non-hydrogen) atoms. The number of nitrogens with zero attached hydrogens (tertiary/aromatic N) is 1. The van der Waals surface area contributed by atoms with Crippen LogP contribution in [0.2, 0.25) is 0 Å². The lowest BCUT2D eigenvalue weighted by atomic mass is 9.76. The number of hydrogen-bond acceptors (Lipinski definition) is 2. The minimum Gasteiger partial charge on any atom is -0.481 e. The molecule has 1 unspecified atom stereocenters. The molecule has 1 aliphatic carbocycles. The van der Waals surface area contributed by atoms with E-state index >= 15 is 0 Å². The number of rotatable bonds is 3. The van der Waals surface area contributed by atoms with Crippen molar-refractivity contribution in [3.05, 3.63) is 29.1 Å². The van der Waals surface area contributed by atoms with E-state index in [4.69, 9.17) is 0 Å². The molecule has 2 rings (SSSR count). The number of carboxylic acid groups (broad SMARTS) is 1. The van der Waals surface area contributed by atoms with Gasteiger partial charge >= 0.3 is 5.97 Å². The van der Waals surface area contributed by atoms with Gasteiger partial charge < -0.3 is 5.11 Å². The molecule has 3 heteroatoms. The maximum absolute atomic E-state index is 11.6. The second-order valence-corrected chi connectivity index (χ2v) is 5.40. The van der Waals surface area contributed by atoms with Gasteiger partial charge in [0.05, 0.1) is 5.92 Å². The van der Waals surface area contributed by atoms with Crippen LogP contribution in [0.15, 0.2) is 12.3 Å². The predicted octanol–water partition coefficient (Wildman–Crippen LogP) is 3.45. The highest BCUT2D eigenvalue weighted by Crippen LogP contribution is 2.37. The van der Waals surface area contributed by atoms with Gasteiger partial charge in [0.15, 0.2) is 0 Å². The van der Waals surface area contributed by atoms with Crippen molar-refractivity contribution in [1.82, 2.24) is 4.98 Å². The summed E-state index contributed by atoms with van der Waals surface area (Å²) >= 11 is 0. The summed E-state index contributed by atoms with van der Waals surface area (Å²) in [5.41, 5.74) is 2.86. The zero-order valence-corrected chi connectivity index (χ0v) is 11.1. The van der Waals surface area contributed by atoms with Gasteiger partial charge in [-0.3, -0.25) is 9.78 Å². The quantitative estimate of drug-likeness (QED) is 0.890. The maximum Gasteiger partial charge on any atom is 0.311 e. The molecular weight excluding hydrogens is 226 g/mol. The van der Waals surface area contributed by atoms with Gasteiger partial charge in [0.25, 0.3) is 0 Å². The largest absolute Gasteiger partial charge is 0.481 e. The van der Waals surface area contributed by atoms with E-state index in [0.29, 0.717) is 0 Å². The molecule has 0 radical (unpaired) electrons. The van der Waals surface area contributed by atoms with E-state index in [1.807, 2.05) is 19.9 Å². The minimum absolute atomic E-state index is 0.289. The normalized spacial score (nSPS) is 18.6. The Balaban J connectivity index is 2.34. The predicted molar refractivity (Wildman–Crippen MR) is 70.7 cm³/mol. The van der Waals surface area contributed by atoms with Crippen LogP contribution in [-0.2, 0) is 4.79 Å². The number of pyridine rings is 1. The Labute approximate surface area is 108 Å². The van der Waals surface area contributed by atoms with Crippen LogP contribution in [0, 0.1) is 19.8 Å². The lowest BCUT2D eigenvalue weighted by Crippen LogP contribution is -2.24. The monoisotopic (exact) mass is 247 g/mol. The van der Waals surface area contributed by atoms with E-state index < -0.39 is 5.97 Å². The maximum atomic E-state index is 11.6. The van der Waals surface area contributed by atoms with Crippen molar-refractivity contribution in [1.29, 1.82) is 0 Å². The van der Waals surface area contributed by atoms with Gasteiger partial charge in [-0.2, -0.15) is 0 Å². The van der Waals surface area contributed by atoms with Crippen LogP contribution in [0.3, 0.4) is 0 Å². The minimum atomic E-state index is -0.685. The molecule has 98 valence electrons. The lowest BCUT2D eigenvalue weighted by molar-refractivity contribution is -0.140. The van der Waals surface area contributed by atoms with Gasteiger partial charge in [0.1, 0.15) is 0 Å². The SMILES string of the molecule is Cc1cc(C(C(=O)O)C2CCCCC2)c(C)cn1. The zero-order chi connectivity index (χ0) is 13.1. The van der Waals surface area contributed by atoms with Gasteiger partial charge in [-0.25, -0.2) is 0 Å². The first-order valence-electron chi connectivity index (χ1n) is 6.75. The summed E-state index contributed by atoms with van der Waals surface area (Å²) in [6.07, 6.45) is 7.45. The molecule has 1 N–H and O–H groups in total. The van der Waals surface area contributed by atoms with E-state index in [1.165, 1.54) is 6.42 Å². The number of hydrogen-bond donors (Lipinski definition) is 1. The Morgan fingerprint density at radius 3 is 2.61 bits per heavy atom. The third-order valence-electron chi connectivity index (χ3n) is 4.00. The highest BCUT2D eigenvalue weighted by molar-refractivity contribution is 5.77. The van der Waals surface area contributed by atoms with Crippen LogP contribution in [0.5, 0.6) is 0 Å². The number of carbonyl (C=O) groups is 1. The average Bonchev–Trinajstić information content (AvgIpc) is 2.35. The van der Waals surface area contributed by atoms with Crippen LogP contribution in [0.25, 0.3) is 0 Å². The van der Waals surface area contributed by atoms with E-state index in [1.54, 1.807) is 6.20 Å². The molecule has 1 aromatic rings. The van der Waals surface area contributed by atoms with Crippen molar-refractivity contribution in [2.24, 2.45) is 5.92 Å². The topological polar surface area (TPSA) is 50.2 Å². The Bertz CT molecular complexity index is 436. The highest BCUT2D eigenvalue weighted by Gasteiger charge is 2.31. The molecule has 1 aromatic heterocycles. The summed E-state index contributed by atoms with van der Waals surface area (Å²) in [6.45, 7) is 3.88. The molecule has 0 saturated heterocycles. The Kier molecular flexibility index (Phi) is 4.00. The van der Waals surface area contributed by atoms with Crippen LogP contribution >= 0.6 is 0 Å². The Hall–Kier alpha value is -1.38. The van der Waals surface area contributed by atoms with Crippen LogP contribution < -0.4 is 0 Å². The molecule has 0 aliphatic heterocycles. The summed E-state index contributed by atoms with van der Waals surface area (Å²) in [5.74, 6) is -0.751. The molecule has 1 atom stereocenters. The molecule has 1 saturated carbocycles. The highest BCUT2D eigenvalue weighted by atomic mass is 16.4. The molecule has 0 amide bonds. The van der Waals surface area contributed by atoms with Gasteiger partial charge in [0.2, 0.25) is 0 Å². The fraction of sp³-hybridized carbons (Fsp3) is 0.600. The van der Waals surface area contributed by atoms with Crippen LogP contribution in [0.4, 0.5) is 0 Å². The molecule has 0 spiro atoms. The van der Waals surface area contributed by atoms with Gasteiger partial charge in [0, 0.05) is 11.9 Å². The van der Waals surface area contributed by atoms with Gasteiger partial charge in [-0.1, -0.05) is 19.3 Å². The fourth-order valence-corrected chi connectivity index (χ4v) is 3.04.